The lowest BCUT2D eigenvalue weighted by molar-refractivity contribution is 0.257. The molecule has 0 saturated heterocycles. The number of benzene rings is 1. The second-order valence-corrected chi connectivity index (χ2v) is 7.42. The molecule has 1 aromatic carbocycles. The lowest BCUT2D eigenvalue weighted by Crippen LogP contribution is -2.39. The van der Waals surface area contributed by atoms with Gasteiger partial charge >= 0.3 is 0 Å². The third-order valence-electron chi connectivity index (χ3n) is 2.93. The maximum Gasteiger partial charge on any atom is 0.150 e. The van der Waals surface area contributed by atoms with Crippen LogP contribution in [0.2, 0.25) is 5.02 Å². The van der Waals surface area contributed by atoms with E-state index in [1.54, 1.807) is 31.2 Å². The highest BCUT2D eigenvalue weighted by molar-refractivity contribution is 7.91. The fraction of sp³-hybridized carbons (Fsp3) is 0.538. The summed E-state index contributed by atoms with van der Waals surface area (Å²) in [5, 5.41) is 0.605. The van der Waals surface area contributed by atoms with E-state index < -0.39 is 9.84 Å². The molecule has 1 unspecified atom stereocenters. The molecular formula is C13H21ClN2O3S. The van der Waals surface area contributed by atoms with Gasteiger partial charge in [0.1, 0.15) is 22.2 Å². The van der Waals surface area contributed by atoms with Crippen molar-refractivity contribution in [1.29, 1.82) is 0 Å². The van der Waals surface area contributed by atoms with E-state index in [0.717, 1.165) is 0 Å². The van der Waals surface area contributed by atoms with Crippen LogP contribution in [0.5, 0.6) is 5.75 Å². The van der Waals surface area contributed by atoms with Crippen LogP contribution < -0.4 is 16.0 Å². The van der Waals surface area contributed by atoms with Gasteiger partial charge in [0.05, 0.1) is 11.8 Å². The van der Waals surface area contributed by atoms with Gasteiger partial charge in [-0.3, -0.25) is 11.3 Å². The Bertz CT molecular complexity index is 508. The first-order valence-electron chi connectivity index (χ1n) is 6.51. The number of halogens is 1. The van der Waals surface area contributed by atoms with Crippen molar-refractivity contribution < 1.29 is 13.2 Å². The zero-order chi connectivity index (χ0) is 15.0. The predicted octanol–water partition coefficient (Wildman–Crippen LogP) is 1.77. The van der Waals surface area contributed by atoms with Crippen molar-refractivity contribution in [2.75, 3.05) is 18.1 Å². The first-order valence-corrected chi connectivity index (χ1v) is 8.71. The number of hydrogen-bond donors (Lipinski definition) is 2. The van der Waals surface area contributed by atoms with Crippen LogP contribution in [-0.4, -0.2) is 32.6 Å². The predicted molar refractivity (Wildman–Crippen MR) is 81.6 cm³/mol. The summed E-state index contributed by atoms with van der Waals surface area (Å²) in [5.41, 5.74) is 2.64. The molecule has 0 saturated carbocycles. The normalized spacial score (nSPS) is 13.2. The number of hydrogen-bond acceptors (Lipinski definition) is 5. The van der Waals surface area contributed by atoms with Crippen LogP contribution in [0.1, 0.15) is 19.8 Å². The van der Waals surface area contributed by atoms with E-state index in [2.05, 4.69) is 5.43 Å². The van der Waals surface area contributed by atoms with E-state index in [4.69, 9.17) is 22.2 Å². The van der Waals surface area contributed by atoms with Crippen molar-refractivity contribution in [3.8, 4) is 5.75 Å². The van der Waals surface area contributed by atoms with Crippen molar-refractivity contribution >= 4 is 21.4 Å². The van der Waals surface area contributed by atoms with E-state index >= 15 is 0 Å². The van der Waals surface area contributed by atoms with Crippen LogP contribution in [0.15, 0.2) is 24.3 Å². The maximum atomic E-state index is 11.4. The summed E-state index contributed by atoms with van der Waals surface area (Å²) in [5.74, 6) is 6.46. The average Bonchev–Trinajstić information content (AvgIpc) is 2.42. The lowest BCUT2D eigenvalue weighted by Gasteiger charge is -2.16. The van der Waals surface area contributed by atoms with Crippen LogP contribution in [0.3, 0.4) is 0 Å². The number of ether oxygens (including phenoxy) is 1. The van der Waals surface area contributed by atoms with Crippen molar-refractivity contribution in [3.05, 3.63) is 29.3 Å². The molecule has 1 rings (SSSR count). The van der Waals surface area contributed by atoms with Gasteiger partial charge < -0.3 is 4.74 Å². The van der Waals surface area contributed by atoms with Gasteiger partial charge in [0, 0.05) is 10.8 Å². The topological polar surface area (TPSA) is 81.4 Å². The van der Waals surface area contributed by atoms with Gasteiger partial charge in [0.15, 0.2) is 0 Å². The zero-order valence-electron chi connectivity index (χ0n) is 11.5. The SMILES string of the molecule is CCS(=O)(=O)CCCC(COc1cccc(Cl)c1)NN. The second-order valence-electron chi connectivity index (χ2n) is 4.51. The Morgan fingerprint density at radius 2 is 2.20 bits per heavy atom. The van der Waals surface area contributed by atoms with Gasteiger partial charge in [0.25, 0.3) is 0 Å². The van der Waals surface area contributed by atoms with Gasteiger partial charge in [-0.2, -0.15) is 0 Å². The molecule has 0 aliphatic carbocycles. The van der Waals surface area contributed by atoms with Crippen LogP contribution in [-0.2, 0) is 9.84 Å². The Morgan fingerprint density at radius 3 is 2.80 bits per heavy atom. The van der Waals surface area contributed by atoms with E-state index in [-0.39, 0.29) is 17.5 Å². The molecule has 1 aromatic rings. The van der Waals surface area contributed by atoms with Gasteiger partial charge in [0.2, 0.25) is 0 Å². The summed E-state index contributed by atoms with van der Waals surface area (Å²) in [6.07, 6.45) is 1.19. The van der Waals surface area contributed by atoms with E-state index in [9.17, 15) is 8.42 Å². The first kappa shape index (κ1) is 17.2. The van der Waals surface area contributed by atoms with Crippen LogP contribution in [0.4, 0.5) is 0 Å². The zero-order valence-corrected chi connectivity index (χ0v) is 13.1. The summed E-state index contributed by atoms with van der Waals surface area (Å²) in [4.78, 5) is 0. The molecule has 0 aromatic heterocycles. The number of nitrogens with one attached hydrogen (secondary N) is 1. The van der Waals surface area contributed by atoms with Crippen LogP contribution in [0, 0.1) is 0 Å². The van der Waals surface area contributed by atoms with Crippen LogP contribution in [0.25, 0.3) is 0 Å². The van der Waals surface area contributed by atoms with Gasteiger partial charge in [-0.25, -0.2) is 8.42 Å². The molecule has 0 spiro atoms. The third kappa shape index (κ3) is 6.56. The minimum Gasteiger partial charge on any atom is -0.492 e. The molecule has 0 fully saturated rings. The Balaban J connectivity index is 2.36. The number of rotatable bonds is 9. The van der Waals surface area contributed by atoms with Gasteiger partial charge in [-0.05, 0) is 31.0 Å². The monoisotopic (exact) mass is 320 g/mol. The smallest absolute Gasteiger partial charge is 0.150 e. The molecule has 1 atom stereocenters. The Labute approximate surface area is 125 Å². The third-order valence-corrected chi connectivity index (χ3v) is 4.96. The molecule has 0 amide bonds. The Kier molecular flexibility index (Phi) is 7.29. The molecule has 20 heavy (non-hydrogen) atoms. The number of nitrogens with two attached hydrogens (primary N) is 1. The molecule has 0 aliphatic rings. The van der Waals surface area contributed by atoms with Crippen molar-refractivity contribution in [2.45, 2.75) is 25.8 Å². The lowest BCUT2D eigenvalue weighted by atomic mass is 10.2. The van der Waals surface area contributed by atoms with Crippen molar-refractivity contribution in [3.63, 3.8) is 0 Å². The first-order chi connectivity index (χ1) is 9.46. The van der Waals surface area contributed by atoms with E-state index in [1.807, 2.05) is 0 Å². The quantitative estimate of drug-likeness (QED) is 0.535. The summed E-state index contributed by atoms with van der Waals surface area (Å²) >= 11 is 5.86. The number of sulfone groups is 1. The highest BCUT2D eigenvalue weighted by Gasteiger charge is 2.12. The fourth-order valence-corrected chi connectivity index (χ4v) is 2.74. The van der Waals surface area contributed by atoms with Gasteiger partial charge in [-0.1, -0.05) is 24.6 Å². The van der Waals surface area contributed by atoms with Crippen molar-refractivity contribution in [1.82, 2.24) is 5.43 Å². The Hall–Kier alpha value is -0.820. The number of hydrazine groups is 1. The molecule has 5 nitrogen and oxygen atoms in total. The molecule has 7 heteroatoms. The second kappa shape index (κ2) is 8.46. The van der Waals surface area contributed by atoms with E-state index in [1.165, 1.54) is 0 Å². The molecule has 0 aliphatic heterocycles. The average molecular weight is 321 g/mol. The summed E-state index contributed by atoms with van der Waals surface area (Å²) in [7, 11) is -2.92. The molecular weight excluding hydrogens is 300 g/mol. The summed E-state index contributed by atoms with van der Waals surface area (Å²) in [6.45, 7) is 2.01. The highest BCUT2D eigenvalue weighted by atomic mass is 35.5. The largest absolute Gasteiger partial charge is 0.492 e. The maximum absolute atomic E-state index is 11.4. The molecule has 0 bridgehead atoms. The standard InChI is InChI=1S/C13H21ClN2O3S/c1-2-20(17,18)8-4-6-12(16-15)10-19-13-7-3-5-11(14)9-13/h3,5,7,9,12,16H,2,4,6,8,10,15H2,1H3. The highest BCUT2D eigenvalue weighted by Crippen LogP contribution is 2.17. The van der Waals surface area contributed by atoms with Gasteiger partial charge in [-0.15, -0.1) is 0 Å². The minimum absolute atomic E-state index is 0.0963. The molecule has 3 N–H and O–H groups in total. The van der Waals surface area contributed by atoms with E-state index in [0.29, 0.717) is 30.2 Å². The minimum atomic E-state index is -2.92. The molecule has 0 radical (unpaired) electrons. The molecule has 0 heterocycles. The van der Waals surface area contributed by atoms with Crippen molar-refractivity contribution in [2.24, 2.45) is 5.84 Å². The summed E-state index contributed by atoms with van der Waals surface area (Å²) < 4.78 is 28.3. The molecule has 114 valence electrons. The van der Waals surface area contributed by atoms with Crippen LogP contribution >= 0.6 is 11.6 Å². The fourth-order valence-electron chi connectivity index (χ4n) is 1.66. The Morgan fingerprint density at radius 1 is 1.45 bits per heavy atom. The summed E-state index contributed by atoms with van der Waals surface area (Å²) in [6, 6.07) is 7.00.